The SMILES string of the molecule is CC(C)[C@H](NC(=O)CCCNc1ccccn1)C(=O)NC(CC(=O)OC(=O)C(F)(F)F)c1ccc(-c2ccccc2)cc1. The van der Waals surface area contributed by atoms with Crippen LogP contribution >= 0.6 is 0 Å². The number of hydrogen-bond acceptors (Lipinski definition) is 7. The highest BCUT2D eigenvalue weighted by Crippen LogP contribution is 2.25. The monoisotopic (exact) mass is 598 g/mol. The number of rotatable bonds is 13. The number of alkyl halides is 3. The maximum Gasteiger partial charge on any atom is 0.491 e. The van der Waals surface area contributed by atoms with Crippen molar-refractivity contribution in [2.24, 2.45) is 5.92 Å². The van der Waals surface area contributed by atoms with Crippen LogP contribution in [0.25, 0.3) is 11.1 Å². The number of esters is 2. The van der Waals surface area contributed by atoms with Crippen molar-refractivity contribution in [3.63, 3.8) is 0 Å². The van der Waals surface area contributed by atoms with E-state index in [0.29, 0.717) is 24.3 Å². The van der Waals surface area contributed by atoms with Gasteiger partial charge in [0.1, 0.15) is 11.9 Å². The Labute approximate surface area is 247 Å². The quantitative estimate of drug-likeness (QED) is 0.144. The summed E-state index contributed by atoms with van der Waals surface area (Å²) in [5.74, 6) is -4.84. The van der Waals surface area contributed by atoms with Crippen molar-refractivity contribution >= 4 is 29.6 Å². The minimum Gasteiger partial charge on any atom is -0.386 e. The fourth-order valence-electron chi connectivity index (χ4n) is 4.14. The highest BCUT2D eigenvalue weighted by atomic mass is 19.4. The number of carbonyl (C=O) groups is 4. The molecule has 1 aromatic heterocycles. The van der Waals surface area contributed by atoms with E-state index in [2.05, 4.69) is 25.7 Å². The molecule has 0 saturated heterocycles. The number of ether oxygens (including phenoxy) is 1. The molecule has 2 aromatic carbocycles. The molecule has 0 spiro atoms. The van der Waals surface area contributed by atoms with E-state index in [-0.39, 0.29) is 18.2 Å². The molecule has 0 aliphatic rings. The second-order valence-corrected chi connectivity index (χ2v) is 10.0. The number of nitrogens with one attached hydrogen (secondary N) is 3. The molecule has 0 saturated carbocycles. The first-order valence-corrected chi connectivity index (χ1v) is 13.7. The molecule has 228 valence electrons. The lowest BCUT2D eigenvalue weighted by Crippen LogP contribution is -2.50. The summed E-state index contributed by atoms with van der Waals surface area (Å²) in [7, 11) is 0. The van der Waals surface area contributed by atoms with Crippen molar-refractivity contribution in [2.45, 2.75) is 51.4 Å². The molecule has 9 nitrogen and oxygen atoms in total. The van der Waals surface area contributed by atoms with Crippen LogP contribution in [0.1, 0.15) is 44.7 Å². The Morgan fingerprint density at radius 2 is 1.51 bits per heavy atom. The second kappa shape index (κ2) is 15.5. The van der Waals surface area contributed by atoms with Gasteiger partial charge in [-0.15, -0.1) is 0 Å². The lowest BCUT2D eigenvalue weighted by Gasteiger charge is -2.26. The Kier molecular flexibility index (Phi) is 11.8. The third-order valence-corrected chi connectivity index (χ3v) is 6.36. The Morgan fingerprint density at radius 3 is 2.12 bits per heavy atom. The summed E-state index contributed by atoms with van der Waals surface area (Å²) in [5, 5.41) is 8.43. The lowest BCUT2D eigenvalue weighted by atomic mass is 9.97. The average Bonchev–Trinajstić information content (AvgIpc) is 2.98. The van der Waals surface area contributed by atoms with E-state index in [1.54, 1.807) is 56.4 Å². The number of aromatic nitrogens is 1. The van der Waals surface area contributed by atoms with Crippen molar-refractivity contribution in [2.75, 3.05) is 11.9 Å². The van der Waals surface area contributed by atoms with Crippen LogP contribution in [0.15, 0.2) is 79.0 Å². The number of pyridine rings is 1. The van der Waals surface area contributed by atoms with E-state index in [1.165, 1.54) is 0 Å². The summed E-state index contributed by atoms with van der Waals surface area (Å²) in [4.78, 5) is 53.6. The Bertz CT molecular complexity index is 1370. The van der Waals surface area contributed by atoms with Gasteiger partial charge in [-0.2, -0.15) is 13.2 Å². The number of anilines is 1. The van der Waals surface area contributed by atoms with E-state index >= 15 is 0 Å². The van der Waals surface area contributed by atoms with Crippen LogP contribution in [0.4, 0.5) is 19.0 Å². The van der Waals surface area contributed by atoms with E-state index in [9.17, 15) is 32.3 Å². The maximum atomic E-state index is 13.3. The molecule has 3 aromatic rings. The zero-order valence-corrected chi connectivity index (χ0v) is 23.7. The van der Waals surface area contributed by atoms with Gasteiger partial charge in [0.05, 0.1) is 12.5 Å². The molecule has 0 fully saturated rings. The van der Waals surface area contributed by atoms with Crippen LogP contribution in [0.2, 0.25) is 0 Å². The molecule has 0 aliphatic carbocycles. The third-order valence-electron chi connectivity index (χ3n) is 6.36. The highest BCUT2D eigenvalue weighted by Gasteiger charge is 2.42. The standard InChI is InChI=1S/C31H33F3N4O5/c1-20(2)28(38-26(39)12-8-18-36-25-11-6-7-17-35-25)29(41)37-24(19-27(40)43-30(42)31(32,33)34)23-15-13-22(14-16-23)21-9-4-3-5-10-21/h3-7,9-11,13-17,20,24,28H,8,12,18-19H2,1-2H3,(H,35,36)(H,37,41)(H,38,39)/t24?,28-/m0/s1. The lowest BCUT2D eigenvalue weighted by molar-refractivity contribution is -0.202. The van der Waals surface area contributed by atoms with Crippen LogP contribution in [0.3, 0.4) is 0 Å². The van der Waals surface area contributed by atoms with Crippen molar-refractivity contribution in [1.82, 2.24) is 15.6 Å². The van der Waals surface area contributed by atoms with E-state index in [0.717, 1.165) is 11.1 Å². The van der Waals surface area contributed by atoms with Crippen LogP contribution in [-0.4, -0.2) is 47.5 Å². The topological polar surface area (TPSA) is 126 Å². The molecular weight excluding hydrogens is 565 g/mol. The predicted molar refractivity (Wildman–Crippen MR) is 153 cm³/mol. The summed E-state index contributed by atoms with van der Waals surface area (Å²) < 4.78 is 41.9. The van der Waals surface area contributed by atoms with Crippen molar-refractivity contribution in [3.05, 3.63) is 84.6 Å². The second-order valence-electron chi connectivity index (χ2n) is 10.0. The Hall–Kier alpha value is -4.74. The largest absolute Gasteiger partial charge is 0.491 e. The number of nitrogens with zero attached hydrogens (tertiary/aromatic N) is 1. The summed E-state index contributed by atoms with van der Waals surface area (Å²) in [6.07, 6.45) is -3.89. The molecule has 0 bridgehead atoms. The molecule has 2 amide bonds. The number of benzene rings is 2. The molecule has 12 heteroatoms. The number of hydrogen-bond donors (Lipinski definition) is 3. The van der Waals surface area contributed by atoms with Gasteiger partial charge in [0, 0.05) is 19.2 Å². The minimum absolute atomic E-state index is 0.118. The van der Waals surface area contributed by atoms with Crippen LogP contribution in [-0.2, 0) is 23.9 Å². The third kappa shape index (κ3) is 10.6. The molecule has 1 heterocycles. The summed E-state index contributed by atoms with van der Waals surface area (Å²) >= 11 is 0. The van der Waals surface area contributed by atoms with Gasteiger partial charge < -0.3 is 20.7 Å². The van der Waals surface area contributed by atoms with E-state index in [1.807, 2.05) is 36.4 Å². The first-order chi connectivity index (χ1) is 20.4. The van der Waals surface area contributed by atoms with Gasteiger partial charge in [0.25, 0.3) is 0 Å². The van der Waals surface area contributed by atoms with Gasteiger partial charge in [0.2, 0.25) is 11.8 Å². The zero-order valence-electron chi connectivity index (χ0n) is 23.7. The molecule has 43 heavy (non-hydrogen) atoms. The fourth-order valence-corrected chi connectivity index (χ4v) is 4.14. The molecule has 0 aliphatic heterocycles. The summed E-state index contributed by atoms with van der Waals surface area (Å²) in [6, 6.07) is 19.3. The van der Waals surface area contributed by atoms with Crippen molar-refractivity contribution in [1.29, 1.82) is 0 Å². The highest BCUT2D eigenvalue weighted by molar-refractivity contribution is 5.90. The summed E-state index contributed by atoms with van der Waals surface area (Å²) in [5.41, 5.74) is 2.12. The van der Waals surface area contributed by atoms with Crippen molar-refractivity contribution < 1.29 is 37.1 Å². The minimum atomic E-state index is -5.36. The molecular formula is C31H33F3N4O5. The zero-order chi connectivity index (χ0) is 31.4. The first kappa shape index (κ1) is 32.8. The van der Waals surface area contributed by atoms with Crippen LogP contribution < -0.4 is 16.0 Å². The van der Waals surface area contributed by atoms with Gasteiger partial charge in [-0.1, -0.05) is 74.5 Å². The Morgan fingerprint density at radius 1 is 0.860 bits per heavy atom. The van der Waals surface area contributed by atoms with Crippen LogP contribution in [0.5, 0.6) is 0 Å². The normalized spacial score (nSPS) is 12.6. The average molecular weight is 599 g/mol. The van der Waals surface area contributed by atoms with Gasteiger partial charge in [0.15, 0.2) is 0 Å². The van der Waals surface area contributed by atoms with Gasteiger partial charge in [-0.25, -0.2) is 9.78 Å². The maximum absolute atomic E-state index is 13.3. The number of amides is 2. The first-order valence-electron chi connectivity index (χ1n) is 13.7. The van der Waals surface area contributed by atoms with Crippen LogP contribution in [0, 0.1) is 5.92 Å². The van der Waals surface area contributed by atoms with E-state index < -0.39 is 42.5 Å². The predicted octanol–water partition coefficient (Wildman–Crippen LogP) is 4.96. The summed E-state index contributed by atoms with van der Waals surface area (Å²) in [6.45, 7) is 3.91. The smallest absolute Gasteiger partial charge is 0.386 e. The number of halogens is 3. The Balaban J connectivity index is 1.69. The molecule has 3 rings (SSSR count). The fraction of sp³-hybridized carbons (Fsp3) is 0.323. The van der Waals surface area contributed by atoms with Gasteiger partial charge in [-0.05, 0) is 41.2 Å². The molecule has 1 unspecified atom stereocenters. The molecule has 0 radical (unpaired) electrons. The molecule has 3 N–H and O–H groups in total. The van der Waals surface area contributed by atoms with Crippen molar-refractivity contribution in [3.8, 4) is 11.1 Å². The van der Waals surface area contributed by atoms with E-state index in [4.69, 9.17) is 0 Å². The number of carbonyl (C=O) groups excluding carboxylic acids is 4. The molecule has 2 atom stereocenters. The van der Waals surface area contributed by atoms with Gasteiger partial charge >= 0.3 is 18.1 Å². The van der Waals surface area contributed by atoms with Gasteiger partial charge in [-0.3, -0.25) is 14.4 Å².